The lowest BCUT2D eigenvalue weighted by Gasteiger charge is -2.19. The van der Waals surface area contributed by atoms with Crippen LogP contribution in [0.2, 0.25) is 0 Å². The molecule has 118 valence electrons. The fraction of sp³-hybridized carbons (Fsp3) is 0.571. The summed E-state index contributed by atoms with van der Waals surface area (Å²) < 4.78 is 5.10. The third-order valence-corrected chi connectivity index (χ3v) is 3.55. The van der Waals surface area contributed by atoms with Crippen molar-refractivity contribution >= 4 is 29.0 Å². The number of ether oxygens (including phenoxy) is 1. The van der Waals surface area contributed by atoms with E-state index in [4.69, 9.17) is 10.5 Å². The molecule has 0 saturated carbocycles. The molecular weight excluding hydrogens is 290 g/mol. The Morgan fingerprint density at radius 1 is 1.29 bits per heavy atom. The van der Waals surface area contributed by atoms with Crippen LogP contribution in [0.4, 0.5) is 10.5 Å². The molecule has 2 amide bonds. The van der Waals surface area contributed by atoms with Crippen LogP contribution in [0.3, 0.4) is 0 Å². The molecule has 7 heteroatoms. The number of nitrogens with two attached hydrogens (primary N) is 1. The van der Waals surface area contributed by atoms with Crippen molar-refractivity contribution in [3.8, 4) is 0 Å². The molecule has 0 aliphatic carbocycles. The van der Waals surface area contributed by atoms with E-state index in [0.29, 0.717) is 30.1 Å². The van der Waals surface area contributed by atoms with Gasteiger partial charge in [0.1, 0.15) is 5.60 Å². The Kier molecular flexibility index (Phi) is 6.02. The van der Waals surface area contributed by atoms with Crippen LogP contribution in [-0.2, 0) is 4.74 Å². The minimum absolute atomic E-state index is 0.142. The second-order valence-electron chi connectivity index (χ2n) is 5.66. The minimum atomic E-state index is -0.505. The van der Waals surface area contributed by atoms with Crippen molar-refractivity contribution in [2.24, 2.45) is 0 Å². The molecule has 0 aliphatic heterocycles. The smallest absolute Gasteiger partial charge is 0.407 e. The highest BCUT2D eigenvalue weighted by molar-refractivity contribution is 7.14. The standard InChI is InChI=1S/C14H23N3O3S/c1-9-10(15)8-11(21-9)12(18)16-6-5-7-17-13(19)20-14(2,3)4/h8H,5-7,15H2,1-4H3,(H,16,18)(H,17,19). The molecule has 4 N–H and O–H groups in total. The van der Waals surface area contributed by atoms with Crippen molar-refractivity contribution < 1.29 is 14.3 Å². The van der Waals surface area contributed by atoms with Gasteiger partial charge in [-0.2, -0.15) is 0 Å². The fourth-order valence-corrected chi connectivity index (χ4v) is 2.35. The summed E-state index contributed by atoms with van der Waals surface area (Å²) in [6.07, 6.45) is 0.181. The van der Waals surface area contributed by atoms with Crippen LogP contribution >= 0.6 is 11.3 Å². The van der Waals surface area contributed by atoms with E-state index < -0.39 is 11.7 Å². The van der Waals surface area contributed by atoms with Crippen molar-refractivity contribution in [3.05, 3.63) is 15.8 Å². The predicted molar refractivity (Wildman–Crippen MR) is 84.7 cm³/mol. The van der Waals surface area contributed by atoms with Crippen LogP contribution in [0.15, 0.2) is 6.07 Å². The lowest BCUT2D eigenvalue weighted by molar-refractivity contribution is 0.0527. The zero-order chi connectivity index (χ0) is 16.0. The highest BCUT2D eigenvalue weighted by Crippen LogP contribution is 2.22. The first-order valence-electron chi connectivity index (χ1n) is 6.80. The van der Waals surface area contributed by atoms with Gasteiger partial charge >= 0.3 is 6.09 Å². The molecule has 0 spiro atoms. The van der Waals surface area contributed by atoms with Crippen LogP contribution in [0.5, 0.6) is 0 Å². The first kappa shape index (κ1) is 17.3. The summed E-state index contributed by atoms with van der Waals surface area (Å²) in [6.45, 7) is 8.22. The normalized spacial score (nSPS) is 11.0. The Morgan fingerprint density at radius 2 is 1.90 bits per heavy atom. The summed E-state index contributed by atoms with van der Waals surface area (Å²) in [5.74, 6) is -0.142. The van der Waals surface area contributed by atoms with E-state index in [1.165, 1.54) is 11.3 Å². The number of alkyl carbamates (subject to hydrolysis) is 1. The lowest BCUT2D eigenvalue weighted by atomic mass is 10.2. The van der Waals surface area contributed by atoms with Crippen LogP contribution in [0.25, 0.3) is 0 Å². The average Bonchev–Trinajstić information content (AvgIpc) is 2.67. The number of thiophene rings is 1. The first-order valence-corrected chi connectivity index (χ1v) is 7.61. The summed E-state index contributed by atoms with van der Waals surface area (Å²) in [6, 6.07) is 1.67. The molecule has 0 atom stereocenters. The van der Waals surface area contributed by atoms with E-state index in [0.717, 1.165) is 4.88 Å². The van der Waals surface area contributed by atoms with Crippen LogP contribution in [0.1, 0.15) is 41.7 Å². The van der Waals surface area contributed by atoms with Crippen LogP contribution < -0.4 is 16.4 Å². The summed E-state index contributed by atoms with van der Waals surface area (Å²) in [5.41, 5.74) is 5.84. The van der Waals surface area contributed by atoms with Gasteiger partial charge in [0.05, 0.1) is 4.88 Å². The van der Waals surface area contributed by atoms with Gasteiger partial charge in [-0.15, -0.1) is 11.3 Å². The van der Waals surface area contributed by atoms with Crippen molar-refractivity contribution in [3.63, 3.8) is 0 Å². The largest absolute Gasteiger partial charge is 0.444 e. The Hall–Kier alpha value is -1.76. The van der Waals surface area contributed by atoms with Gasteiger partial charge in [-0.3, -0.25) is 4.79 Å². The molecule has 1 heterocycles. The molecule has 1 aromatic heterocycles. The van der Waals surface area contributed by atoms with Gasteiger partial charge in [-0.1, -0.05) is 0 Å². The maximum absolute atomic E-state index is 11.8. The van der Waals surface area contributed by atoms with Gasteiger partial charge in [0.2, 0.25) is 0 Å². The Bertz CT molecular complexity index is 487. The van der Waals surface area contributed by atoms with Gasteiger partial charge in [0.25, 0.3) is 5.91 Å². The molecule has 0 bridgehead atoms. The second-order valence-corrected chi connectivity index (χ2v) is 6.92. The molecule has 1 rings (SSSR count). The number of nitrogen functional groups attached to an aromatic ring is 1. The molecule has 0 fully saturated rings. The third-order valence-electron chi connectivity index (χ3n) is 2.49. The summed E-state index contributed by atoms with van der Waals surface area (Å²) >= 11 is 1.37. The molecule has 0 saturated heterocycles. The van der Waals surface area contributed by atoms with Gasteiger partial charge in [0.15, 0.2) is 0 Å². The van der Waals surface area contributed by atoms with Crippen LogP contribution in [0, 0.1) is 6.92 Å². The Labute approximate surface area is 129 Å². The van der Waals surface area contributed by atoms with Gasteiger partial charge in [0, 0.05) is 23.7 Å². The average molecular weight is 313 g/mol. The highest BCUT2D eigenvalue weighted by Gasteiger charge is 2.15. The number of aryl methyl sites for hydroxylation is 1. The summed E-state index contributed by atoms with van der Waals surface area (Å²) in [5, 5.41) is 5.42. The molecule has 6 nitrogen and oxygen atoms in total. The predicted octanol–water partition coefficient (Wildman–Crippen LogP) is 2.28. The van der Waals surface area contributed by atoms with Crippen molar-refractivity contribution in [1.82, 2.24) is 10.6 Å². The second kappa shape index (κ2) is 7.31. The lowest BCUT2D eigenvalue weighted by Crippen LogP contribution is -2.34. The van der Waals surface area contributed by atoms with Gasteiger partial charge in [-0.25, -0.2) is 4.79 Å². The van der Waals surface area contributed by atoms with E-state index in [9.17, 15) is 9.59 Å². The number of hydrogen-bond donors (Lipinski definition) is 3. The van der Waals surface area contributed by atoms with Crippen LogP contribution in [-0.4, -0.2) is 30.7 Å². The number of carbonyl (C=O) groups is 2. The minimum Gasteiger partial charge on any atom is -0.444 e. The van der Waals surface area contributed by atoms with E-state index in [-0.39, 0.29) is 5.91 Å². The number of anilines is 1. The number of amides is 2. The first-order chi connectivity index (χ1) is 9.69. The molecule has 0 unspecified atom stereocenters. The molecule has 0 radical (unpaired) electrons. The third kappa shape index (κ3) is 6.48. The van der Waals surface area contributed by atoms with E-state index in [2.05, 4.69) is 10.6 Å². The van der Waals surface area contributed by atoms with Crippen molar-refractivity contribution in [2.75, 3.05) is 18.8 Å². The highest BCUT2D eigenvalue weighted by atomic mass is 32.1. The number of rotatable bonds is 5. The molecular formula is C14H23N3O3S. The molecule has 21 heavy (non-hydrogen) atoms. The Morgan fingerprint density at radius 3 is 2.43 bits per heavy atom. The van der Waals surface area contributed by atoms with Gasteiger partial charge in [-0.05, 0) is 40.2 Å². The number of nitrogens with one attached hydrogen (secondary N) is 2. The van der Waals surface area contributed by atoms with E-state index in [1.807, 2.05) is 27.7 Å². The Balaban J connectivity index is 2.20. The zero-order valence-electron chi connectivity index (χ0n) is 12.9. The topological polar surface area (TPSA) is 93.5 Å². The SMILES string of the molecule is Cc1sc(C(=O)NCCCNC(=O)OC(C)(C)C)cc1N. The number of carbonyl (C=O) groups excluding carboxylic acids is 2. The van der Waals surface area contributed by atoms with Crippen molar-refractivity contribution in [1.29, 1.82) is 0 Å². The summed E-state index contributed by atoms with van der Waals surface area (Å²) in [4.78, 5) is 24.7. The number of hydrogen-bond acceptors (Lipinski definition) is 5. The maximum atomic E-state index is 11.8. The summed E-state index contributed by atoms with van der Waals surface area (Å²) in [7, 11) is 0. The monoisotopic (exact) mass is 313 g/mol. The quantitative estimate of drug-likeness (QED) is 0.727. The molecule has 0 aliphatic rings. The molecule has 0 aromatic carbocycles. The van der Waals surface area contributed by atoms with Gasteiger partial charge < -0.3 is 21.1 Å². The molecule has 1 aromatic rings. The maximum Gasteiger partial charge on any atom is 0.407 e. The van der Waals surface area contributed by atoms with E-state index >= 15 is 0 Å². The van der Waals surface area contributed by atoms with Crippen molar-refractivity contribution in [2.45, 2.75) is 39.7 Å². The fourth-order valence-electron chi connectivity index (χ4n) is 1.49. The zero-order valence-corrected chi connectivity index (χ0v) is 13.7. The van der Waals surface area contributed by atoms with E-state index in [1.54, 1.807) is 6.07 Å².